The molecule has 0 fully saturated rings. The molecule has 0 amide bonds. The predicted octanol–water partition coefficient (Wildman–Crippen LogP) is 3.53. The van der Waals surface area contributed by atoms with E-state index in [1.807, 2.05) is 45.9 Å². The average molecular weight is 336 g/mol. The van der Waals surface area contributed by atoms with E-state index in [1.54, 1.807) is 13.2 Å². The number of ether oxygens (including phenoxy) is 1. The Morgan fingerprint density at radius 2 is 2.04 bits per heavy atom. The first-order valence-electron chi connectivity index (χ1n) is 7.41. The van der Waals surface area contributed by atoms with Gasteiger partial charge in [0.2, 0.25) is 0 Å². The Labute approximate surface area is 141 Å². The molecule has 0 atom stereocenters. The fraction of sp³-hybridized carbons (Fsp3) is 0.412. The van der Waals surface area contributed by atoms with Crippen LogP contribution in [-0.4, -0.2) is 15.4 Å². The third-order valence-corrected chi connectivity index (χ3v) is 3.55. The van der Waals surface area contributed by atoms with E-state index >= 15 is 0 Å². The molecular weight excluding hydrogens is 314 g/mol. The molecule has 0 aliphatic carbocycles. The fourth-order valence-electron chi connectivity index (χ4n) is 2.06. The molecule has 0 saturated heterocycles. The summed E-state index contributed by atoms with van der Waals surface area (Å²) in [6.07, 6.45) is 1.54. The Kier molecular flexibility index (Phi) is 5.00. The second-order valence-corrected chi connectivity index (χ2v) is 6.86. The fourth-order valence-corrected chi connectivity index (χ4v) is 2.30. The summed E-state index contributed by atoms with van der Waals surface area (Å²) in [6.45, 7) is 8.53. The Morgan fingerprint density at radius 3 is 2.70 bits per heavy atom. The summed E-state index contributed by atoms with van der Waals surface area (Å²) in [5.74, 6) is 0.818. The molecule has 0 spiro atoms. The van der Waals surface area contributed by atoms with Crippen LogP contribution in [0.15, 0.2) is 29.2 Å². The molecule has 1 aromatic heterocycles. The number of hydrogen-bond donors (Lipinski definition) is 1. The second-order valence-electron chi connectivity index (χ2n) is 6.48. The van der Waals surface area contributed by atoms with Gasteiger partial charge in [0, 0.05) is 19.2 Å². The lowest BCUT2D eigenvalue weighted by Gasteiger charge is -2.24. The summed E-state index contributed by atoms with van der Waals surface area (Å²) in [6, 6.07) is 6.04. The first-order valence-corrected chi connectivity index (χ1v) is 7.79. The Morgan fingerprint density at radius 1 is 1.35 bits per heavy atom. The van der Waals surface area contributed by atoms with Crippen molar-refractivity contribution in [2.24, 2.45) is 7.05 Å². The van der Waals surface area contributed by atoms with Gasteiger partial charge in [0.15, 0.2) is 0 Å². The summed E-state index contributed by atoms with van der Waals surface area (Å²) in [4.78, 5) is 11.8. The molecule has 2 rings (SSSR count). The van der Waals surface area contributed by atoms with Gasteiger partial charge in [-0.15, -0.1) is 0 Å². The molecule has 0 radical (unpaired) electrons. The van der Waals surface area contributed by atoms with Crippen LogP contribution in [0.4, 0.5) is 5.69 Å². The van der Waals surface area contributed by atoms with E-state index < -0.39 is 0 Å². The van der Waals surface area contributed by atoms with E-state index in [1.165, 1.54) is 4.68 Å². The first-order chi connectivity index (χ1) is 10.7. The van der Waals surface area contributed by atoms with E-state index in [0.29, 0.717) is 12.2 Å². The molecular formula is C17H22ClN3O2. The van der Waals surface area contributed by atoms with Crippen molar-refractivity contribution in [1.82, 2.24) is 9.78 Å². The van der Waals surface area contributed by atoms with Crippen LogP contribution in [0.1, 0.15) is 31.9 Å². The molecule has 124 valence electrons. The average Bonchev–Trinajstić information content (AvgIpc) is 2.44. The van der Waals surface area contributed by atoms with Crippen molar-refractivity contribution in [3.8, 4) is 5.75 Å². The number of benzene rings is 1. The Balaban J connectivity index is 2.24. The lowest BCUT2D eigenvalue weighted by Crippen LogP contribution is -2.24. The molecule has 0 aliphatic rings. The van der Waals surface area contributed by atoms with Gasteiger partial charge in [-0.3, -0.25) is 4.79 Å². The SMILES string of the molecule is Cc1ccc(CNc2cnn(C)c(=O)c2Cl)c(OC(C)(C)C)c1. The van der Waals surface area contributed by atoms with Gasteiger partial charge in [-0.25, -0.2) is 4.68 Å². The minimum absolute atomic E-state index is 0.132. The quantitative estimate of drug-likeness (QED) is 0.928. The van der Waals surface area contributed by atoms with Crippen LogP contribution in [0.5, 0.6) is 5.75 Å². The highest BCUT2D eigenvalue weighted by atomic mass is 35.5. The van der Waals surface area contributed by atoms with Crippen LogP contribution >= 0.6 is 11.6 Å². The summed E-state index contributed by atoms with van der Waals surface area (Å²) in [5.41, 5.74) is 2.01. The number of aryl methyl sites for hydroxylation is 2. The lowest BCUT2D eigenvalue weighted by molar-refractivity contribution is 0.129. The van der Waals surface area contributed by atoms with Crippen molar-refractivity contribution < 1.29 is 4.74 Å². The summed E-state index contributed by atoms with van der Waals surface area (Å²) in [7, 11) is 1.56. The zero-order chi connectivity index (χ0) is 17.2. The van der Waals surface area contributed by atoms with Gasteiger partial charge in [-0.05, 0) is 39.3 Å². The highest BCUT2D eigenvalue weighted by Gasteiger charge is 2.15. The highest BCUT2D eigenvalue weighted by Crippen LogP contribution is 2.26. The van der Waals surface area contributed by atoms with Crippen LogP contribution in [-0.2, 0) is 13.6 Å². The van der Waals surface area contributed by atoms with Crippen molar-refractivity contribution >= 4 is 17.3 Å². The standard InChI is InChI=1S/C17H22ClN3O2/c1-11-6-7-12(14(8-11)23-17(2,3)4)9-19-13-10-20-21(5)16(22)15(13)18/h6-8,10,19H,9H2,1-5H3. The molecule has 1 N–H and O–H groups in total. The van der Waals surface area contributed by atoms with Crippen molar-refractivity contribution in [3.63, 3.8) is 0 Å². The lowest BCUT2D eigenvalue weighted by atomic mass is 10.1. The van der Waals surface area contributed by atoms with E-state index in [-0.39, 0.29) is 16.2 Å². The Bertz CT molecular complexity index is 763. The first kappa shape index (κ1) is 17.3. The second kappa shape index (κ2) is 6.62. The topological polar surface area (TPSA) is 56.2 Å². The number of rotatable bonds is 4. The number of hydrogen-bond acceptors (Lipinski definition) is 4. The summed E-state index contributed by atoms with van der Waals surface area (Å²) in [5, 5.41) is 7.26. The normalized spacial score (nSPS) is 11.4. The summed E-state index contributed by atoms with van der Waals surface area (Å²) >= 11 is 6.07. The molecule has 1 aromatic carbocycles. The van der Waals surface area contributed by atoms with E-state index in [4.69, 9.17) is 16.3 Å². The molecule has 1 heterocycles. The van der Waals surface area contributed by atoms with Gasteiger partial charge in [0.05, 0.1) is 11.9 Å². The van der Waals surface area contributed by atoms with E-state index in [2.05, 4.69) is 10.4 Å². The smallest absolute Gasteiger partial charge is 0.287 e. The maximum absolute atomic E-state index is 11.8. The van der Waals surface area contributed by atoms with Crippen molar-refractivity contribution in [1.29, 1.82) is 0 Å². The molecule has 0 bridgehead atoms. The molecule has 5 nitrogen and oxygen atoms in total. The minimum atomic E-state index is -0.327. The molecule has 23 heavy (non-hydrogen) atoms. The van der Waals surface area contributed by atoms with Gasteiger partial charge < -0.3 is 10.1 Å². The zero-order valence-corrected chi connectivity index (χ0v) is 14.9. The largest absolute Gasteiger partial charge is 0.488 e. The van der Waals surface area contributed by atoms with Gasteiger partial charge in [0.1, 0.15) is 16.4 Å². The van der Waals surface area contributed by atoms with E-state index in [9.17, 15) is 4.79 Å². The highest BCUT2D eigenvalue weighted by molar-refractivity contribution is 6.32. The van der Waals surface area contributed by atoms with Crippen LogP contribution in [0.3, 0.4) is 0 Å². The van der Waals surface area contributed by atoms with Crippen LogP contribution in [0, 0.1) is 6.92 Å². The van der Waals surface area contributed by atoms with Gasteiger partial charge in [-0.1, -0.05) is 23.7 Å². The third kappa shape index (κ3) is 4.48. The predicted molar refractivity (Wildman–Crippen MR) is 93.4 cm³/mol. The molecule has 2 aromatic rings. The monoisotopic (exact) mass is 335 g/mol. The minimum Gasteiger partial charge on any atom is -0.488 e. The van der Waals surface area contributed by atoms with Crippen molar-refractivity contribution in [3.05, 3.63) is 50.9 Å². The number of halogens is 1. The number of nitrogens with zero attached hydrogens (tertiary/aromatic N) is 2. The number of anilines is 1. The molecule has 0 aliphatic heterocycles. The number of nitrogens with one attached hydrogen (secondary N) is 1. The maximum atomic E-state index is 11.8. The summed E-state index contributed by atoms with van der Waals surface area (Å²) < 4.78 is 7.22. The van der Waals surface area contributed by atoms with Crippen molar-refractivity contribution in [2.75, 3.05) is 5.32 Å². The molecule has 6 heteroatoms. The maximum Gasteiger partial charge on any atom is 0.287 e. The number of aromatic nitrogens is 2. The Hall–Kier alpha value is -2.01. The van der Waals surface area contributed by atoms with Crippen LogP contribution in [0.2, 0.25) is 5.02 Å². The third-order valence-electron chi connectivity index (χ3n) is 3.19. The molecule has 0 unspecified atom stereocenters. The van der Waals surface area contributed by atoms with Crippen molar-refractivity contribution in [2.45, 2.75) is 39.8 Å². The van der Waals surface area contributed by atoms with Gasteiger partial charge >= 0.3 is 0 Å². The zero-order valence-electron chi connectivity index (χ0n) is 14.1. The van der Waals surface area contributed by atoms with Crippen LogP contribution < -0.4 is 15.6 Å². The van der Waals surface area contributed by atoms with Crippen LogP contribution in [0.25, 0.3) is 0 Å². The van der Waals surface area contributed by atoms with E-state index in [0.717, 1.165) is 16.9 Å². The van der Waals surface area contributed by atoms with Gasteiger partial charge in [-0.2, -0.15) is 5.10 Å². The van der Waals surface area contributed by atoms with Gasteiger partial charge in [0.25, 0.3) is 5.56 Å². The molecule has 0 saturated carbocycles.